The average molecular weight is 256 g/mol. The van der Waals surface area contributed by atoms with Gasteiger partial charge in [-0.15, -0.1) is 0 Å². The molecule has 1 aliphatic heterocycles. The second kappa shape index (κ2) is 6.64. The van der Waals surface area contributed by atoms with Gasteiger partial charge in [0.15, 0.2) is 0 Å². The third-order valence-electron chi connectivity index (χ3n) is 3.95. The fraction of sp³-hybridized carbons (Fsp3) is 0.923. The first kappa shape index (κ1) is 13.2. The van der Waals surface area contributed by atoms with E-state index in [-0.39, 0.29) is 5.91 Å². The third-order valence-corrected chi connectivity index (χ3v) is 5.00. The van der Waals surface area contributed by atoms with Crippen LogP contribution in [0.25, 0.3) is 0 Å². The minimum absolute atomic E-state index is 0.266. The van der Waals surface area contributed by atoms with Gasteiger partial charge < -0.3 is 11.1 Å². The Balaban J connectivity index is 1.66. The molecule has 1 amide bonds. The predicted molar refractivity (Wildman–Crippen MR) is 73.0 cm³/mol. The van der Waals surface area contributed by atoms with Gasteiger partial charge in [-0.1, -0.05) is 0 Å². The Morgan fingerprint density at radius 3 is 2.41 bits per heavy atom. The van der Waals surface area contributed by atoms with Crippen LogP contribution in [-0.2, 0) is 4.79 Å². The quantitative estimate of drug-likeness (QED) is 0.811. The van der Waals surface area contributed by atoms with Crippen molar-refractivity contribution < 1.29 is 4.79 Å². The summed E-state index contributed by atoms with van der Waals surface area (Å²) in [6.45, 7) is 0. The first-order valence-corrected chi connectivity index (χ1v) is 8.02. The van der Waals surface area contributed by atoms with Crippen LogP contribution < -0.4 is 11.1 Å². The molecular weight excluding hydrogens is 232 g/mol. The molecule has 0 atom stereocenters. The van der Waals surface area contributed by atoms with E-state index in [0.717, 1.165) is 32.1 Å². The molecule has 0 bridgehead atoms. The molecule has 3 N–H and O–H groups in total. The Bertz CT molecular complexity index is 246. The van der Waals surface area contributed by atoms with Gasteiger partial charge in [-0.05, 0) is 55.9 Å². The van der Waals surface area contributed by atoms with E-state index in [9.17, 15) is 4.79 Å². The third kappa shape index (κ3) is 4.51. The molecule has 3 nitrogen and oxygen atoms in total. The van der Waals surface area contributed by atoms with Crippen molar-refractivity contribution in [2.75, 3.05) is 11.5 Å². The minimum atomic E-state index is 0.266. The maximum absolute atomic E-state index is 11.9. The monoisotopic (exact) mass is 256 g/mol. The Morgan fingerprint density at radius 1 is 1.12 bits per heavy atom. The Morgan fingerprint density at radius 2 is 1.76 bits per heavy atom. The lowest BCUT2D eigenvalue weighted by Crippen LogP contribution is -2.41. The number of amides is 1. The second-order valence-electron chi connectivity index (χ2n) is 5.44. The van der Waals surface area contributed by atoms with E-state index in [1.807, 2.05) is 11.8 Å². The molecule has 2 rings (SSSR count). The van der Waals surface area contributed by atoms with Gasteiger partial charge >= 0.3 is 0 Å². The number of carbonyl (C=O) groups is 1. The molecule has 1 heterocycles. The molecule has 0 aromatic carbocycles. The van der Waals surface area contributed by atoms with Crippen molar-refractivity contribution in [3.63, 3.8) is 0 Å². The molecule has 2 fully saturated rings. The van der Waals surface area contributed by atoms with Gasteiger partial charge in [0.1, 0.15) is 0 Å². The molecule has 17 heavy (non-hydrogen) atoms. The molecule has 0 unspecified atom stereocenters. The summed E-state index contributed by atoms with van der Waals surface area (Å²) in [5.74, 6) is 3.36. The van der Waals surface area contributed by atoms with E-state index in [4.69, 9.17) is 5.73 Å². The van der Waals surface area contributed by atoms with E-state index in [1.54, 1.807) is 0 Å². The van der Waals surface area contributed by atoms with Crippen molar-refractivity contribution in [2.45, 2.75) is 57.0 Å². The summed E-state index contributed by atoms with van der Waals surface area (Å²) >= 11 is 2.02. The lowest BCUT2D eigenvalue weighted by molar-refractivity contribution is -0.123. The molecule has 1 saturated heterocycles. The number of hydrogen-bond acceptors (Lipinski definition) is 3. The number of nitrogens with one attached hydrogen (secondary N) is 1. The summed E-state index contributed by atoms with van der Waals surface area (Å²) in [6, 6.07) is 0.749. The highest BCUT2D eigenvalue weighted by molar-refractivity contribution is 7.99. The van der Waals surface area contributed by atoms with Crippen LogP contribution in [0.1, 0.15) is 44.9 Å². The summed E-state index contributed by atoms with van der Waals surface area (Å²) < 4.78 is 0. The number of hydrogen-bond donors (Lipinski definition) is 2. The lowest BCUT2D eigenvalue weighted by atomic mass is 9.91. The largest absolute Gasteiger partial charge is 0.353 e. The fourth-order valence-electron chi connectivity index (χ4n) is 2.76. The zero-order valence-corrected chi connectivity index (χ0v) is 11.3. The van der Waals surface area contributed by atoms with E-state index < -0.39 is 0 Å². The first-order valence-electron chi connectivity index (χ1n) is 6.86. The van der Waals surface area contributed by atoms with Gasteiger partial charge in [0, 0.05) is 18.5 Å². The minimum Gasteiger partial charge on any atom is -0.353 e. The van der Waals surface area contributed by atoms with Crippen molar-refractivity contribution in [1.82, 2.24) is 5.32 Å². The molecular formula is C13H24N2OS. The van der Waals surface area contributed by atoms with Gasteiger partial charge in [0.05, 0.1) is 0 Å². The molecule has 1 aliphatic carbocycles. The molecule has 4 heteroatoms. The molecule has 0 aromatic heterocycles. The van der Waals surface area contributed by atoms with E-state index in [1.165, 1.54) is 24.3 Å². The summed E-state index contributed by atoms with van der Waals surface area (Å²) in [6.07, 6.45) is 7.42. The van der Waals surface area contributed by atoms with Crippen LogP contribution >= 0.6 is 11.8 Å². The van der Waals surface area contributed by atoms with Crippen LogP contribution in [0.4, 0.5) is 0 Å². The van der Waals surface area contributed by atoms with E-state index >= 15 is 0 Å². The van der Waals surface area contributed by atoms with Crippen molar-refractivity contribution in [3.8, 4) is 0 Å². The zero-order valence-electron chi connectivity index (χ0n) is 10.5. The highest BCUT2D eigenvalue weighted by Crippen LogP contribution is 2.25. The maximum atomic E-state index is 11.9. The summed E-state index contributed by atoms with van der Waals surface area (Å²) in [4.78, 5) is 11.9. The van der Waals surface area contributed by atoms with Crippen LogP contribution in [0, 0.1) is 5.92 Å². The molecule has 2 aliphatic rings. The molecule has 1 saturated carbocycles. The summed E-state index contributed by atoms with van der Waals surface area (Å²) in [5.41, 5.74) is 5.86. The first-order chi connectivity index (χ1) is 8.24. The van der Waals surface area contributed by atoms with E-state index in [2.05, 4.69) is 5.32 Å². The summed E-state index contributed by atoms with van der Waals surface area (Å²) in [7, 11) is 0. The number of carbonyl (C=O) groups excluding carboxylic acids is 1. The number of rotatable bonds is 3. The Labute approximate surface area is 108 Å². The zero-order chi connectivity index (χ0) is 12.1. The van der Waals surface area contributed by atoms with Gasteiger partial charge in [0.25, 0.3) is 0 Å². The molecule has 0 radical (unpaired) electrons. The van der Waals surface area contributed by atoms with Crippen molar-refractivity contribution in [1.29, 1.82) is 0 Å². The van der Waals surface area contributed by atoms with Gasteiger partial charge in [-0.3, -0.25) is 4.79 Å². The predicted octanol–water partition coefficient (Wildman–Crippen LogP) is 1.91. The maximum Gasteiger partial charge on any atom is 0.220 e. The van der Waals surface area contributed by atoms with Gasteiger partial charge in [-0.2, -0.15) is 11.8 Å². The molecule has 0 spiro atoms. The second-order valence-corrected chi connectivity index (χ2v) is 6.66. The fourth-order valence-corrected chi connectivity index (χ4v) is 3.97. The van der Waals surface area contributed by atoms with Crippen LogP contribution in [0.3, 0.4) is 0 Å². The SMILES string of the molecule is NC1CCC(NC(=O)CC2CCSCC2)CC1. The summed E-state index contributed by atoms with van der Waals surface area (Å²) in [5, 5.41) is 3.19. The van der Waals surface area contributed by atoms with Crippen molar-refractivity contribution in [2.24, 2.45) is 11.7 Å². The van der Waals surface area contributed by atoms with Crippen LogP contribution in [0.15, 0.2) is 0 Å². The van der Waals surface area contributed by atoms with Gasteiger partial charge in [-0.25, -0.2) is 0 Å². The van der Waals surface area contributed by atoms with Crippen LogP contribution in [0.5, 0.6) is 0 Å². The standard InChI is InChI=1S/C13H24N2OS/c14-11-1-3-12(4-2-11)15-13(16)9-10-5-7-17-8-6-10/h10-12H,1-9,14H2,(H,15,16). The molecule has 0 aromatic rings. The Hall–Kier alpha value is -0.220. The smallest absolute Gasteiger partial charge is 0.220 e. The highest BCUT2D eigenvalue weighted by atomic mass is 32.2. The van der Waals surface area contributed by atoms with Crippen LogP contribution in [0.2, 0.25) is 0 Å². The molecule has 98 valence electrons. The average Bonchev–Trinajstić information content (AvgIpc) is 2.33. The lowest BCUT2D eigenvalue weighted by Gasteiger charge is -2.28. The van der Waals surface area contributed by atoms with Gasteiger partial charge in [0.2, 0.25) is 5.91 Å². The normalized spacial score (nSPS) is 31.1. The highest BCUT2D eigenvalue weighted by Gasteiger charge is 2.22. The van der Waals surface area contributed by atoms with Crippen molar-refractivity contribution >= 4 is 17.7 Å². The van der Waals surface area contributed by atoms with E-state index in [0.29, 0.717) is 18.0 Å². The Kier molecular flexibility index (Phi) is 5.16. The van der Waals surface area contributed by atoms with Crippen molar-refractivity contribution in [3.05, 3.63) is 0 Å². The number of nitrogens with two attached hydrogens (primary N) is 1. The topological polar surface area (TPSA) is 55.1 Å². The van der Waals surface area contributed by atoms with Crippen LogP contribution in [-0.4, -0.2) is 29.5 Å². The number of thioether (sulfide) groups is 1.